The number of aromatic nitrogens is 2. The molecule has 1 unspecified atom stereocenters. The maximum absolute atomic E-state index is 5.53. The van der Waals surface area contributed by atoms with Gasteiger partial charge in [0.25, 0.3) is 5.89 Å². The Morgan fingerprint density at radius 2 is 2.18 bits per heavy atom. The zero-order chi connectivity index (χ0) is 14.2. The Labute approximate surface area is 133 Å². The number of nitrogens with one attached hydrogen (secondary N) is 1. The molecule has 3 aromatic rings. The number of hydrogen-bond acceptors (Lipinski definition) is 6. The Hall–Kier alpha value is -1.89. The molecule has 1 aromatic carbocycles. The van der Waals surface area contributed by atoms with Crippen LogP contribution >= 0.6 is 12.4 Å². The molecule has 6 nitrogen and oxygen atoms in total. The molecular weight excluding hydrogens is 304 g/mol. The standard InChI is InChI=1S/C15H16N4O2.ClH/c1-19-7-6-16-8-12(19)14-17-15(21-18-14)11-9-20-13-5-3-2-4-10(11)13;/h2-5,9,12,16H,6-8H2,1H3;1H. The van der Waals surface area contributed by atoms with Gasteiger partial charge >= 0.3 is 0 Å². The fourth-order valence-corrected chi connectivity index (χ4v) is 2.72. The first-order chi connectivity index (χ1) is 10.3. The van der Waals surface area contributed by atoms with E-state index in [1.54, 1.807) is 6.26 Å². The van der Waals surface area contributed by atoms with Crippen LogP contribution in [0.4, 0.5) is 0 Å². The average Bonchev–Trinajstić information content (AvgIpc) is 3.14. The number of piperazine rings is 1. The van der Waals surface area contributed by atoms with Gasteiger partial charge in [0.1, 0.15) is 11.8 Å². The quantitative estimate of drug-likeness (QED) is 0.782. The Balaban J connectivity index is 0.00000144. The van der Waals surface area contributed by atoms with E-state index in [2.05, 4.69) is 27.4 Å². The maximum atomic E-state index is 5.53. The highest BCUT2D eigenvalue weighted by Crippen LogP contribution is 2.30. The van der Waals surface area contributed by atoms with Crippen molar-refractivity contribution in [3.8, 4) is 11.5 Å². The first-order valence-electron chi connectivity index (χ1n) is 7.04. The van der Waals surface area contributed by atoms with Crippen LogP contribution in [0, 0.1) is 0 Å². The Morgan fingerprint density at radius 3 is 3.05 bits per heavy atom. The van der Waals surface area contributed by atoms with E-state index < -0.39 is 0 Å². The lowest BCUT2D eigenvalue weighted by Crippen LogP contribution is -2.44. The van der Waals surface area contributed by atoms with E-state index >= 15 is 0 Å². The third kappa shape index (κ3) is 2.49. The summed E-state index contributed by atoms with van der Waals surface area (Å²) < 4.78 is 11.0. The molecule has 1 atom stereocenters. The van der Waals surface area contributed by atoms with Crippen LogP contribution in [0.1, 0.15) is 11.9 Å². The Morgan fingerprint density at radius 1 is 1.32 bits per heavy atom. The molecule has 1 fully saturated rings. The lowest BCUT2D eigenvalue weighted by molar-refractivity contribution is 0.190. The van der Waals surface area contributed by atoms with Gasteiger partial charge in [-0.3, -0.25) is 4.90 Å². The molecular formula is C15H17ClN4O2. The predicted molar refractivity (Wildman–Crippen MR) is 85.0 cm³/mol. The molecule has 0 radical (unpaired) electrons. The summed E-state index contributed by atoms with van der Waals surface area (Å²) in [5.41, 5.74) is 1.67. The molecule has 1 aliphatic heterocycles. The number of halogens is 1. The second-order valence-electron chi connectivity index (χ2n) is 5.30. The van der Waals surface area contributed by atoms with Crippen LogP contribution in [0.25, 0.3) is 22.4 Å². The van der Waals surface area contributed by atoms with Crippen molar-refractivity contribution in [2.24, 2.45) is 0 Å². The first-order valence-corrected chi connectivity index (χ1v) is 7.04. The summed E-state index contributed by atoms with van der Waals surface area (Å²) in [6, 6.07) is 7.98. The molecule has 116 valence electrons. The number of benzene rings is 1. The van der Waals surface area contributed by atoms with Gasteiger partial charge in [0.2, 0.25) is 0 Å². The predicted octanol–water partition coefficient (Wildman–Crippen LogP) is 2.48. The second kappa shape index (κ2) is 6.08. The molecule has 1 saturated heterocycles. The van der Waals surface area contributed by atoms with E-state index in [0.717, 1.165) is 36.2 Å². The van der Waals surface area contributed by atoms with Crippen molar-refractivity contribution < 1.29 is 8.94 Å². The number of nitrogens with zero attached hydrogens (tertiary/aromatic N) is 3. The van der Waals surface area contributed by atoms with E-state index in [9.17, 15) is 0 Å². The molecule has 1 aliphatic rings. The number of hydrogen-bond donors (Lipinski definition) is 1. The highest BCUT2D eigenvalue weighted by Gasteiger charge is 2.26. The number of rotatable bonds is 2. The highest BCUT2D eigenvalue weighted by molar-refractivity contribution is 5.91. The van der Waals surface area contributed by atoms with Crippen LogP contribution < -0.4 is 5.32 Å². The molecule has 0 bridgehead atoms. The van der Waals surface area contributed by atoms with Crippen molar-refractivity contribution in [2.75, 3.05) is 26.7 Å². The van der Waals surface area contributed by atoms with Crippen molar-refractivity contribution in [2.45, 2.75) is 6.04 Å². The summed E-state index contributed by atoms with van der Waals surface area (Å²) in [6.45, 7) is 2.80. The van der Waals surface area contributed by atoms with Crippen molar-refractivity contribution in [3.63, 3.8) is 0 Å². The molecule has 7 heteroatoms. The van der Waals surface area contributed by atoms with Gasteiger partial charge in [0.15, 0.2) is 5.82 Å². The lowest BCUT2D eigenvalue weighted by Gasteiger charge is -2.30. The van der Waals surface area contributed by atoms with E-state index in [4.69, 9.17) is 8.94 Å². The SMILES string of the molecule is CN1CCNCC1c1noc(-c2coc3ccccc23)n1.Cl. The zero-order valence-electron chi connectivity index (χ0n) is 12.2. The summed E-state index contributed by atoms with van der Waals surface area (Å²) in [4.78, 5) is 6.79. The summed E-state index contributed by atoms with van der Waals surface area (Å²) >= 11 is 0. The number of furan rings is 1. The third-order valence-corrected chi connectivity index (χ3v) is 3.96. The minimum absolute atomic E-state index is 0. The second-order valence-corrected chi connectivity index (χ2v) is 5.30. The highest BCUT2D eigenvalue weighted by atomic mass is 35.5. The van der Waals surface area contributed by atoms with Crippen LogP contribution in [-0.4, -0.2) is 41.7 Å². The summed E-state index contributed by atoms with van der Waals surface area (Å²) in [5.74, 6) is 1.22. The fraction of sp³-hybridized carbons (Fsp3) is 0.333. The smallest absolute Gasteiger partial charge is 0.261 e. The van der Waals surface area contributed by atoms with Crippen molar-refractivity contribution in [1.82, 2.24) is 20.4 Å². The molecule has 0 amide bonds. The first kappa shape index (κ1) is 15.0. The lowest BCUT2D eigenvalue weighted by atomic mass is 10.1. The Bertz CT molecular complexity index is 770. The molecule has 0 spiro atoms. The van der Waals surface area contributed by atoms with Crippen molar-refractivity contribution in [3.05, 3.63) is 36.4 Å². The minimum Gasteiger partial charge on any atom is -0.463 e. The van der Waals surface area contributed by atoms with Gasteiger partial charge in [0, 0.05) is 25.0 Å². The monoisotopic (exact) mass is 320 g/mol. The van der Waals surface area contributed by atoms with E-state index in [1.807, 2.05) is 24.3 Å². The zero-order valence-corrected chi connectivity index (χ0v) is 13.0. The Kier molecular flexibility index (Phi) is 4.15. The van der Waals surface area contributed by atoms with Gasteiger partial charge in [0.05, 0.1) is 11.6 Å². The van der Waals surface area contributed by atoms with Gasteiger partial charge in [-0.25, -0.2) is 0 Å². The normalized spacial score (nSPS) is 19.2. The summed E-state index contributed by atoms with van der Waals surface area (Å²) in [7, 11) is 2.08. The molecule has 22 heavy (non-hydrogen) atoms. The minimum atomic E-state index is 0. The molecule has 0 saturated carbocycles. The average molecular weight is 321 g/mol. The van der Waals surface area contributed by atoms with Crippen LogP contribution in [0.5, 0.6) is 0 Å². The van der Waals surface area contributed by atoms with Gasteiger partial charge in [-0.2, -0.15) is 4.98 Å². The number of para-hydroxylation sites is 1. The molecule has 1 N–H and O–H groups in total. The third-order valence-electron chi connectivity index (χ3n) is 3.96. The van der Waals surface area contributed by atoms with Crippen LogP contribution in [0.15, 0.2) is 39.5 Å². The van der Waals surface area contributed by atoms with Crippen molar-refractivity contribution in [1.29, 1.82) is 0 Å². The van der Waals surface area contributed by atoms with Gasteiger partial charge < -0.3 is 14.3 Å². The van der Waals surface area contributed by atoms with Gasteiger partial charge in [-0.1, -0.05) is 23.4 Å². The largest absolute Gasteiger partial charge is 0.463 e. The van der Waals surface area contributed by atoms with Crippen LogP contribution in [0.2, 0.25) is 0 Å². The molecule has 3 heterocycles. The molecule has 4 rings (SSSR count). The number of likely N-dealkylation sites (N-methyl/N-ethyl adjacent to an activating group) is 1. The van der Waals surface area contributed by atoms with Crippen LogP contribution in [0.3, 0.4) is 0 Å². The molecule has 0 aliphatic carbocycles. The fourth-order valence-electron chi connectivity index (χ4n) is 2.72. The van der Waals surface area contributed by atoms with E-state index in [1.165, 1.54) is 0 Å². The van der Waals surface area contributed by atoms with Gasteiger partial charge in [-0.05, 0) is 13.1 Å². The van der Waals surface area contributed by atoms with E-state index in [0.29, 0.717) is 11.7 Å². The topological polar surface area (TPSA) is 67.3 Å². The summed E-state index contributed by atoms with van der Waals surface area (Å²) in [6.07, 6.45) is 1.67. The summed E-state index contributed by atoms with van der Waals surface area (Å²) in [5, 5.41) is 8.49. The van der Waals surface area contributed by atoms with Gasteiger partial charge in [-0.15, -0.1) is 12.4 Å². The maximum Gasteiger partial charge on any atom is 0.261 e. The van der Waals surface area contributed by atoms with Crippen molar-refractivity contribution >= 4 is 23.4 Å². The molecule has 2 aromatic heterocycles. The van der Waals surface area contributed by atoms with E-state index in [-0.39, 0.29) is 18.4 Å². The van der Waals surface area contributed by atoms with Crippen LogP contribution in [-0.2, 0) is 0 Å². The number of fused-ring (bicyclic) bond motifs is 1.